The molecule has 120 valence electrons. The van der Waals surface area contributed by atoms with Crippen LogP contribution in [0.3, 0.4) is 0 Å². The second-order valence-corrected chi connectivity index (χ2v) is 8.49. The van der Waals surface area contributed by atoms with Crippen LogP contribution in [-0.2, 0) is 6.42 Å². The monoisotopic (exact) mass is 289 g/mol. The standard InChI is InChI=1S/C20H35N/c1-16(2)18-10-8-17(9-11-18)12-13-20(6,7)14-15-21-19(3,4)5/h8-11,16,21H,12-15H2,1-7H3. The van der Waals surface area contributed by atoms with Gasteiger partial charge >= 0.3 is 0 Å². The molecule has 0 atom stereocenters. The molecule has 1 aromatic rings. The Labute approximate surface area is 132 Å². The van der Waals surface area contributed by atoms with Crippen LogP contribution in [0.1, 0.15) is 78.4 Å². The summed E-state index contributed by atoms with van der Waals surface area (Å²) in [6, 6.07) is 9.18. The summed E-state index contributed by atoms with van der Waals surface area (Å²) >= 11 is 0. The van der Waals surface area contributed by atoms with Crippen LogP contribution in [0.15, 0.2) is 24.3 Å². The Kier molecular flexibility index (Phi) is 6.46. The van der Waals surface area contributed by atoms with Crippen molar-refractivity contribution in [2.45, 2.75) is 79.2 Å². The van der Waals surface area contributed by atoms with Gasteiger partial charge in [-0.05, 0) is 69.0 Å². The average molecular weight is 290 g/mol. The predicted octanol–water partition coefficient (Wildman–Crippen LogP) is 5.55. The van der Waals surface area contributed by atoms with Crippen molar-refractivity contribution >= 4 is 0 Å². The highest BCUT2D eigenvalue weighted by molar-refractivity contribution is 5.24. The minimum absolute atomic E-state index is 0.225. The summed E-state index contributed by atoms with van der Waals surface area (Å²) in [5.41, 5.74) is 3.53. The van der Waals surface area contributed by atoms with Gasteiger partial charge in [-0.3, -0.25) is 0 Å². The van der Waals surface area contributed by atoms with Crippen molar-refractivity contribution in [2.24, 2.45) is 5.41 Å². The molecule has 1 rings (SSSR count). The molecule has 1 heteroatoms. The van der Waals surface area contributed by atoms with Gasteiger partial charge in [0.2, 0.25) is 0 Å². The Bertz CT molecular complexity index is 406. The quantitative estimate of drug-likeness (QED) is 0.694. The third kappa shape index (κ3) is 7.66. The molecule has 1 nitrogen and oxygen atoms in total. The van der Waals surface area contributed by atoms with Crippen LogP contribution in [0.5, 0.6) is 0 Å². The molecule has 0 bridgehead atoms. The van der Waals surface area contributed by atoms with Crippen LogP contribution >= 0.6 is 0 Å². The molecular weight excluding hydrogens is 254 g/mol. The Hall–Kier alpha value is -0.820. The minimum atomic E-state index is 0.225. The van der Waals surface area contributed by atoms with Crippen LogP contribution in [0.2, 0.25) is 0 Å². The SMILES string of the molecule is CC(C)c1ccc(CCC(C)(C)CCNC(C)(C)C)cc1. The second-order valence-electron chi connectivity index (χ2n) is 8.49. The zero-order valence-electron chi connectivity index (χ0n) is 15.2. The molecule has 21 heavy (non-hydrogen) atoms. The van der Waals surface area contributed by atoms with Crippen LogP contribution in [0.4, 0.5) is 0 Å². The van der Waals surface area contributed by atoms with Gasteiger partial charge < -0.3 is 5.32 Å². The maximum Gasteiger partial charge on any atom is 0.00965 e. The molecule has 0 radical (unpaired) electrons. The summed E-state index contributed by atoms with van der Waals surface area (Å²) in [4.78, 5) is 0. The molecule has 0 saturated heterocycles. The third-order valence-corrected chi connectivity index (χ3v) is 4.19. The van der Waals surface area contributed by atoms with Crippen molar-refractivity contribution in [3.8, 4) is 0 Å². The molecule has 0 amide bonds. The fraction of sp³-hybridized carbons (Fsp3) is 0.700. The highest BCUT2D eigenvalue weighted by atomic mass is 14.9. The summed E-state index contributed by atoms with van der Waals surface area (Å²) in [6.45, 7) is 17.1. The van der Waals surface area contributed by atoms with Gasteiger partial charge in [0, 0.05) is 5.54 Å². The van der Waals surface area contributed by atoms with E-state index < -0.39 is 0 Å². The molecule has 0 aliphatic heterocycles. The van der Waals surface area contributed by atoms with E-state index in [1.165, 1.54) is 30.4 Å². The highest BCUT2D eigenvalue weighted by Gasteiger charge is 2.18. The summed E-state index contributed by atoms with van der Waals surface area (Å²) in [6.07, 6.45) is 3.66. The smallest absolute Gasteiger partial charge is 0.00965 e. The molecule has 0 fully saturated rings. The van der Waals surface area contributed by atoms with Crippen molar-refractivity contribution in [1.29, 1.82) is 0 Å². The van der Waals surface area contributed by atoms with Gasteiger partial charge in [0.25, 0.3) is 0 Å². The molecule has 1 aromatic carbocycles. The molecule has 0 spiro atoms. The van der Waals surface area contributed by atoms with E-state index in [1.54, 1.807) is 0 Å². The zero-order chi connectivity index (χ0) is 16.1. The molecular formula is C20H35N. The lowest BCUT2D eigenvalue weighted by Gasteiger charge is -2.28. The largest absolute Gasteiger partial charge is 0.312 e. The maximum atomic E-state index is 3.60. The van der Waals surface area contributed by atoms with E-state index in [0.717, 1.165) is 6.54 Å². The number of hydrogen-bond donors (Lipinski definition) is 1. The topological polar surface area (TPSA) is 12.0 Å². The van der Waals surface area contributed by atoms with Crippen molar-refractivity contribution in [3.05, 3.63) is 35.4 Å². The van der Waals surface area contributed by atoms with Gasteiger partial charge in [0.15, 0.2) is 0 Å². The predicted molar refractivity (Wildman–Crippen MR) is 95.0 cm³/mol. The van der Waals surface area contributed by atoms with Gasteiger partial charge in [-0.15, -0.1) is 0 Å². The molecule has 0 saturated carbocycles. The molecule has 0 aliphatic carbocycles. The zero-order valence-corrected chi connectivity index (χ0v) is 15.2. The van der Waals surface area contributed by atoms with Gasteiger partial charge in [-0.1, -0.05) is 52.0 Å². The van der Waals surface area contributed by atoms with Crippen LogP contribution in [-0.4, -0.2) is 12.1 Å². The first kappa shape index (κ1) is 18.2. The van der Waals surface area contributed by atoms with Crippen LogP contribution in [0.25, 0.3) is 0 Å². The Morgan fingerprint density at radius 1 is 0.905 bits per heavy atom. The van der Waals surface area contributed by atoms with E-state index in [9.17, 15) is 0 Å². The van der Waals surface area contributed by atoms with E-state index in [0.29, 0.717) is 11.3 Å². The van der Waals surface area contributed by atoms with Crippen molar-refractivity contribution in [3.63, 3.8) is 0 Å². The summed E-state index contributed by atoms with van der Waals surface area (Å²) in [7, 11) is 0. The summed E-state index contributed by atoms with van der Waals surface area (Å²) in [5.74, 6) is 0.624. The lowest BCUT2D eigenvalue weighted by atomic mass is 9.83. The number of benzene rings is 1. The summed E-state index contributed by atoms with van der Waals surface area (Å²) < 4.78 is 0. The van der Waals surface area contributed by atoms with Gasteiger partial charge in [-0.2, -0.15) is 0 Å². The van der Waals surface area contributed by atoms with E-state index in [2.05, 4.69) is 78.0 Å². The van der Waals surface area contributed by atoms with Crippen LogP contribution < -0.4 is 5.32 Å². The van der Waals surface area contributed by atoms with E-state index in [-0.39, 0.29) is 5.54 Å². The van der Waals surface area contributed by atoms with Gasteiger partial charge in [0.1, 0.15) is 0 Å². The first-order valence-corrected chi connectivity index (χ1v) is 8.43. The number of hydrogen-bond acceptors (Lipinski definition) is 1. The minimum Gasteiger partial charge on any atom is -0.312 e. The second kappa shape index (κ2) is 7.45. The maximum absolute atomic E-state index is 3.60. The number of nitrogens with one attached hydrogen (secondary N) is 1. The van der Waals surface area contributed by atoms with E-state index >= 15 is 0 Å². The van der Waals surface area contributed by atoms with Gasteiger partial charge in [0.05, 0.1) is 0 Å². The normalized spacial score (nSPS) is 13.0. The van der Waals surface area contributed by atoms with Crippen molar-refractivity contribution in [1.82, 2.24) is 5.32 Å². The third-order valence-electron chi connectivity index (χ3n) is 4.19. The fourth-order valence-corrected chi connectivity index (χ4v) is 2.45. The van der Waals surface area contributed by atoms with E-state index in [1.807, 2.05) is 0 Å². The molecule has 0 unspecified atom stereocenters. The van der Waals surface area contributed by atoms with Gasteiger partial charge in [-0.25, -0.2) is 0 Å². The summed E-state index contributed by atoms with van der Waals surface area (Å²) in [5, 5.41) is 3.60. The number of rotatable bonds is 7. The molecule has 1 N–H and O–H groups in total. The molecule has 0 heterocycles. The lowest BCUT2D eigenvalue weighted by molar-refractivity contribution is 0.284. The molecule has 0 aliphatic rings. The average Bonchev–Trinajstić information content (AvgIpc) is 2.35. The van der Waals surface area contributed by atoms with Crippen LogP contribution in [0, 0.1) is 5.41 Å². The highest BCUT2D eigenvalue weighted by Crippen LogP contribution is 2.27. The first-order chi connectivity index (χ1) is 9.59. The van der Waals surface area contributed by atoms with Crippen molar-refractivity contribution in [2.75, 3.05) is 6.54 Å². The molecule has 0 aromatic heterocycles. The Balaban J connectivity index is 2.41. The first-order valence-electron chi connectivity index (χ1n) is 8.43. The van der Waals surface area contributed by atoms with E-state index in [4.69, 9.17) is 0 Å². The Morgan fingerprint density at radius 2 is 1.48 bits per heavy atom. The van der Waals surface area contributed by atoms with Crippen molar-refractivity contribution < 1.29 is 0 Å². The number of aryl methyl sites for hydroxylation is 1. The fourth-order valence-electron chi connectivity index (χ4n) is 2.45. The lowest BCUT2D eigenvalue weighted by Crippen LogP contribution is -2.38. The Morgan fingerprint density at radius 3 is 1.95 bits per heavy atom.